The van der Waals surface area contributed by atoms with E-state index in [1.165, 1.54) is 21.9 Å². The zero-order chi connectivity index (χ0) is 20.3. The van der Waals surface area contributed by atoms with Gasteiger partial charge in [0.1, 0.15) is 6.61 Å². The van der Waals surface area contributed by atoms with Gasteiger partial charge in [-0.1, -0.05) is 84.4 Å². The molecule has 2 atom stereocenters. The molecule has 0 N–H and O–H groups in total. The molecule has 2 heterocycles. The van der Waals surface area contributed by atoms with E-state index in [1.54, 1.807) is 0 Å². The van der Waals surface area contributed by atoms with Crippen LogP contribution < -0.4 is 0 Å². The Hall–Kier alpha value is -3.11. The van der Waals surface area contributed by atoms with Gasteiger partial charge in [-0.2, -0.15) is 0 Å². The van der Waals surface area contributed by atoms with E-state index in [0.29, 0.717) is 19.8 Å². The van der Waals surface area contributed by atoms with Gasteiger partial charge in [-0.15, -0.1) is 0 Å². The highest BCUT2D eigenvalue weighted by Crippen LogP contribution is 2.31. The largest absolute Gasteiger partial charge is 0.445 e. The van der Waals surface area contributed by atoms with Crippen molar-refractivity contribution in [2.75, 3.05) is 13.2 Å². The van der Waals surface area contributed by atoms with Crippen molar-refractivity contribution in [3.05, 3.63) is 95.6 Å². The Balaban J connectivity index is 1.32. The molecule has 0 aromatic heterocycles. The van der Waals surface area contributed by atoms with E-state index in [0.717, 1.165) is 18.4 Å². The summed E-state index contributed by atoms with van der Waals surface area (Å²) >= 11 is 0. The van der Waals surface area contributed by atoms with Crippen LogP contribution in [-0.2, 0) is 22.5 Å². The molecule has 5 rings (SSSR count). The molecule has 3 aromatic rings. The van der Waals surface area contributed by atoms with Crippen LogP contribution >= 0.6 is 0 Å². The Morgan fingerprint density at radius 3 is 2.63 bits per heavy atom. The molecule has 0 aliphatic carbocycles. The molecule has 0 radical (unpaired) electrons. The quantitative estimate of drug-likeness (QED) is 0.572. The van der Waals surface area contributed by atoms with Gasteiger partial charge in [-0.25, -0.2) is 4.79 Å². The summed E-state index contributed by atoms with van der Waals surface area (Å²) in [7, 11) is 0. The van der Waals surface area contributed by atoms with Crippen LogP contribution in [0.25, 0.3) is 10.8 Å². The smallest absolute Gasteiger partial charge is 0.411 e. The Bertz CT molecular complexity index is 1070. The number of hydrogen-bond acceptors (Lipinski definition) is 3. The van der Waals surface area contributed by atoms with E-state index in [1.807, 2.05) is 35.2 Å². The van der Waals surface area contributed by atoms with Crippen LogP contribution in [0, 0.1) is 0 Å². The summed E-state index contributed by atoms with van der Waals surface area (Å²) in [6.07, 6.45) is 3.68. The first kappa shape index (κ1) is 18.9. The zero-order valence-electron chi connectivity index (χ0n) is 16.9. The van der Waals surface area contributed by atoms with E-state index in [2.05, 4.69) is 48.5 Å². The second-order valence-corrected chi connectivity index (χ2v) is 8.05. The summed E-state index contributed by atoms with van der Waals surface area (Å²) in [6, 6.07) is 24.8. The van der Waals surface area contributed by atoms with Crippen molar-refractivity contribution in [3.63, 3.8) is 0 Å². The lowest BCUT2D eigenvalue weighted by atomic mass is 9.89. The number of carbonyl (C=O) groups excluding carboxylic acids is 1. The minimum atomic E-state index is -0.252. The van der Waals surface area contributed by atoms with Crippen molar-refractivity contribution >= 4 is 16.9 Å². The minimum Gasteiger partial charge on any atom is -0.445 e. The summed E-state index contributed by atoms with van der Waals surface area (Å²) in [6.45, 7) is 1.38. The lowest BCUT2D eigenvalue weighted by Crippen LogP contribution is -2.56. The molecule has 1 fully saturated rings. The van der Waals surface area contributed by atoms with Crippen molar-refractivity contribution in [3.8, 4) is 0 Å². The second kappa shape index (κ2) is 8.33. The predicted molar refractivity (Wildman–Crippen MR) is 117 cm³/mol. The molecular weight excluding hydrogens is 374 g/mol. The van der Waals surface area contributed by atoms with Crippen molar-refractivity contribution in [2.45, 2.75) is 31.5 Å². The van der Waals surface area contributed by atoms with E-state index in [9.17, 15) is 4.79 Å². The van der Waals surface area contributed by atoms with Crippen LogP contribution in [0.1, 0.15) is 17.5 Å². The maximum absolute atomic E-state index is 12.8. The first-order chi connectivity index (χ1) is 14.8. The van der Waals surface area contributed by atoms with E-state index >= 15 is 0 Å². The summed E-state index contributed by atoms with van der Waals surface area (Å²) in [5.41, 5.74) is 3.70. The molecule has 2 aliphatic rings. The molecule has 2 bridgehead atoms. The fraction of sp³-hybridized carbons (Fsp3) is 0.269. The van der Waals surface area contributed by atoms with E-state index < -0.39 is 0 Å². The van der Waals surface area contributed by atoms with Crippen LogP contribution in [0.4, 0.5) is 4.79 Å². The molecule has 3 aromatic carbocycles. The maximum atomic E-state index is 12.8. The van der Waals surface area contributed by atoms with Gasteiger partial charge in [0.25, 0.3) is 0 Å². The van der Waals surface area contributed by atoms with Gasteiger partial charge in [0, 0.05) is 0 Å². The third-order valence-electron chi connectivity index (χ3n) is 5.99. The highest BCUT2D eigenvalue weighted by molar-refractivity contribution is 5.85. The SMILES string of the molecule is O=C(OCc1ccccc1)N1C2C=C(Cc3cccc4ccccc34)CC1COC2. The number of fused-ring (bicyclic) bond motifs is 3. The number of nitrogens with zero attached hydrogens (tertiary/aromatic N) is 1. The normalized spacial score (nSPS) is 20.7. The first-order valence-electron chi connectivity index (χ1n) is 10.5. The minimum absolute atomic E-state index is 0.0296. The van der Waals surface area contributed by atoms with E-state index in [-0.39, 0.29) is 18.2 Å². The predicted octanol–water partition coefficient (Wildman–Crippen LogP) is 5.12. The topological polar surface area (TPSA) is 38.8 Å². The molecular formula is C26H25NO3. The van der Waals surface area contributed by atoms with Gasteiger partial charge in [-0.05, 0) is 34.7 Å². The fourth-order valence-corrected chi connectivity index (χ4v) is 4.59. The lowest BCUT2D eigenvalue weighted by Gasteiger charge is -2.43. The molecule has 1 saturated heterocycles. The number of rotatable bonds is 4. The Morgan fingerprint density at radius 1 is 0.967 bits per heavy atom. The summed E-state index contributed by atoms with van der Waals surface area (Å²) in [5.74, 6) is 0. The van der Waals surface area contributed by atoms with Crippen molar-refractivity contribution in [1.29, 1.82) is 0 Å². The van der Waals surface area contributed by atoms with Gasteiger partial charge in [0.05, 0.1) is 25.3 Å². The van der Waals surface area contributed by atoms with Crippen molar-refractivity contribution < 1.29 is 14.3 Å². The standard InChI is InChI=1S/C26H25NO3/c28-26(30-16-19-7-2-1-3-8-19)27-23-14-20(15-24(27)18-29-17-23)13-22-11-6-10-21-9-4-5-12-25(21)22/h1-12,14,23-24H,13,15-18H2. The molecule has 4 nitrogen and oxygen atoms in total. The maximum Gasteiger partial charge on any atom is 0.411 e. The van der Waals surface area contributed by atoms with Gasteiger partial charge >= 0.3 is 6.09 Å². The molecule has 152 valence electrons. The molecule has 30 heavy (non-hydrogen) atoms. The summed E-state index contributed by atoms with van der Waals surface area (Å²) < 4.78 is 11.4. The van der Waals surface area contributed by atoms with E-state index in [4.69, 9.17) is 9.47 Å². The van der Waals surface area contributed by atoms with Gasteiger partial charge in [0.2, 0.25) is 0 Å². The van der Waals surface area contributed by atoms with Gasteiger partial charge in [0.15, 0.2) is 0 Å². The zero-order valence-corrected chi connectivity index (χ0v) is 16.9. The average molecular weight is 399 g/mol. The average Bonchev–Trinajstić information content (AvgIpc) is 2.78. The number of benzene rings is 3. The number of carbonyl (C=O) groups is 1. The van der Waals surface area contributed by atoms with Crippen molar-refractivity contribution in [1.82, 2.24) is 4.90 Å². The second-order valence-electron chi connectivity index (χ2n) is 8.05. The summed E-state index contributed by atoms with van der Waals surface area (Å²) in [5, 5.41) is 2.56. The fourth-order valence-electron chi connectivity index (χ4n) is 4.59. The number of morpholine rings is 1. The molecule has 1 amide bonds. The van der Waals surface area contributed by atoms with Crippen molar-refractivity contribution in [2.24, 2.45) is 0 Å². The van der Waals surface area contributed by atoms with Crippen LogP contribution in [0.3, 0.4) is 0 Å². The number of hydrogen-bond donors (Lipinski definition) is 0. The third kappa shape index (κ3) is 3.83. The molecule has 2 aliphatic heterocycles. The van der Waals surface area contributed by atoms with Crippen LogP contribution in [0.2, 0.25) is 0 Å². The number of ether oxygens (including phenoxy) is 2. The van der Waals surface area contributed by atoms with Crippen LogP contribution in [0.5, 0.6) is 0 Å². The highest BCUT2D eigenvalue weighted by atomic mass is 16.6. The molecule has 4 heteroatoms. The molecule has 0 saturated carbocycles. The Labute approximate surface area is 176 Å². The molecule has 0 spiro atoms. The Morgan fingerprint density at radius 2 is 1.77 bits per heavy atom. The third-order valence-corrected chi connectivity index (χ3v) is 5.99. The first-order valence-corrected chi connectivity index (χ1v) is 10.5. The van der Waals surface area contributed by atoms with Crippen LogP contribution in [-0.4, -0.2) is 36.3 Å². The van der Waals surface area contributed by atoms with Gasteiger partial charge in [-0.3, -0.25) is 4.90 Å². The highest BCUT2D eigenvalue weighted by Gasteiger charge is 2.38. The Kier molecular flexibility index (Phi) is 5.24. The van der Waals surface area contributed by atoms with Gasteiger partial charge < -0.3 is 9.47 Å². The summed E-state index contributed by atoms with van der Waals surface area (Å²) in [4.78, 5) is 14.7. The molecule has 2 unspecified atom stereocenters. The van der Waals surface area contributed by atoms with Crippen LogP contribution in [0.15, 0.2) is 84.4 Å². The number of amides is 1. The monoisotopic (exact) mass is 399 g/mol. The lowest BCUT2D eigenvalue weighted by molar-refractivity contribution is -0.0374.